The molecule has 23 heavy (non-hydrogen) atoms. The lowest BCUT2D eigenvalue weighted by atomic mass is 10.2. The molecule has 0 fully saturated rings. The summed E-state index contributed by atoms with van der Waals surface area (Å²) in [4.78, 5) is 25.0. The highest BCUT2D eigenvalue weighted by Crippen LogP contribution is 2.29. The Morgan fingerprint density at radius 3 is 2.78 bits per heavy atom. The van der Waals surface area contributed by atoms with Crippen LogP contribution in [0.25, 0.3) is 0 Å². The van der Waals surface area contributed by atoms with Gasteiger partial charge in [-0.3, -0.25) is 4.79 Å². The summed E-state index contributed by atoms with van der Waals surface area (Å²) >= 11 is 1.37. The van der Waals surface area contributed by atoms with Gasteiger partial charge in [-0.25, -0.2) is 4.79 Å². The smallest absolute Gasteiger partial charge is 0.387 e. The van der Waals surface area contributed by atoms with Crippen LogP contribution in [0.4, 0.5) is 23.7 Å². The van der Waals surface area contributed by atoms with E-state index in [2.05, 4.69) is 5.32 Å². The summed E-state index contributed by atoms with van der Waals surface area (Å²) in [5.41, 5.74) is -1.90. The van der Waals surface area contributed by atoms with E-state index in [1.165, 1.54) is 11.3 Å². The van der Waals surface area contributed by atoms with Crippen LogP contribution in [0.2, 0.25) is 0 Å². The number of alkyl halides is 3. The SMILES string of the molecule is O=C(NCC(O)c1ccsc1)Nc1cc(C(F)(F)F)c[nH]c1=O. The maximum Gasteiger partial charge on any atom is 0.417 e. The third-order valence-electron chi connectivity index (χ3n) is 2.86. The van der Waals surface area contributed by atoms with Crippen LogP contribution in [-0.4, -0.2) is 22.7 Å². The Kier molecular flexibility index (Phi) is 5.06. The first kappa shape index (κ1) is 17.0. The number of aromatic amines is 1. The van der Waals surface area contributed by atoms with Gasteiger partial charge < -0.3 is 20.7 Å². The van der Waals surface area contributed by atoms with Gasteiger partial charge in [0.05, 0.1) is 11.7 Å². The number of halogens is 3. The van der Waals surface area contributed by atoms with E-state index in [0.717, 1.165) is 0 Å². The zero-order chi connectivity index (χ0) is 17.0. The first-order valence-corrected chi connectivity index (χ1v) is 7.26. The number of aromatic nitrogens is 1. The van der Waals surface area contributed by atoms with E-state index < -0.39 is 35.1 Å². The fourth-order valence-electron chi connectivity index (χ4n) is 1.68. The van der Waals surface area contributed by atoms with E-state index in [-0.39, 0.29) is 6.54 Å². The Hall–Kier alpha value is -2.33. The van der Waals surface area contributed by atoms with Gasteiger partial charge in [0.2, 0.25) is 0 Å². The summed E-state index contributed by atoms with van der Waals surface area (Å²) in [7, 11) is 0. The van der Waals surface area contributed by atoms with Crippen LogP contribution in [0.1, 0.15) is 17.2 Å². The number of rotatable bonds is 4. The summed E-state index contributed by atoms with van der Waals surface area (Å²) in [5, 5.41) is 17.5. The minimum atomic E-state index is -4.65. The summed E-state index contributed by atoms with van der Waals surface area (Å²) in [6, 6.07) is 1.31. The zero-order valence-corrected chi connectivity index (χ0v) is 12.3. The van der Waals surface area contributed by atoms with Crippen molar-refractivity contribution >= 4 is 23.1 Å². The van der Waals surface area contributed by atoms with E-state index in [1.807, 2.05) is 10.3 Å². The Morgan fingerprint density at radius 2 is 2.17 bits per heavy atom. The lowest BCUT2D eigenvalue weighted by molar-refractivity contribution is -0.137. The second-order valence-electron chi connectivity index (χ2n) is 4.54. The van der Waals surface area contributed by atoms with Gasteiger partial charge in [0.15, 0.2) is 0 Å². The van der Waals surface area contributed by atoms with Gasteiger partial charge in [-0.15, -0.1) is 0 Å². The molecule has 0 aliphatic carbocycles. The molecule has 4 N–H and O–H groups in total. The number of H-pyrrole nitrogens is 1. The van der Waals surface area contributed by atoms with Crippen molar-refractivity contribution in [2.24, 2.45) is 0 Å². The molecule has 0 spiro atoms. The zero-order valence-electron chi connectivity index (χ0n) is 11.5. The van der Waals surface area contributed by atoms with Crippen LogP contribution < -0.4 is 16.2 Å². The van der Waals surface area contributed by atoms with E-state index in [4.69, 9.17) is 0 Å². The largest absolute Gasteiger partial charge is 0.417 e. The van der Waals surface area contributed by atoms with Crippen LogP contribution in [0.15, 0.2) is 33.9 Å². The van der Waals surface area contributed by atoms with Gasteiger partial charge in [-0.1, -0.05) is 0 Å². The fourth-order valence-corrected chi connectivity index (χ4v) is 2.39. The molecule has 10 heteroatoms. The highest BCUT2D eigenvalue weighted by molar-refractivity contribution is 7.07. The molecular formula is C13H12F3N3O3S. The molecular weight excluding hydrogens is 335 g/mol. The lowest BCUT2D eigenvalue weighted by Crippen LogP contribution is -2.34. The number of pyridine rings is 1. The summed E-state index contributed by atoms with van der Waals surface area (Å²) < 4.78 is 37.7. The third-order valence-corrected chi connectivity index (χ3v) is 3.56. The van der Waals surface area contributed by atoms with Gasteiger partial charge in [-0.2, -0.15) is 24.5 Å². The molecule has 0 bridgehead atoms. The average Bonchev–Trinajstić information content (AvgIpc) is 3.00. The molecule has 2 amide bonds. The normalized spacial score (nSPS) is 12.7. The summed E-state index contributed by atoms with van der Waals surface area (Å²) in [5.74, 6) is 0. The topological polar surface area (TPSA) is 94.2 Å². The number of carbonyl (C=O) groups is 1. The predicted octanol–water partition coefficient (Wildman–Crippen LogP) is 2.31. The highest BCUT2D eigenvalue weighted by Gasteiger charge is 2.31. The van der Waals surface area contributed by atoms with Crippen molar-refractivity contribution < 1.29 is 23.1 Å². The standard InChI is InChI=1S/C13H12F3N3O3S/c14-13(15,16)8-3-9(11(21)17-4-8)19-12(22)18-5-10(20)7-1-2-23-6-7/h1-4,6,10,20H,5H2,(H,17,21)(H2,18,19,22). The number of hydrogen-bond acceptors (Lipinski definition) is 4. The van der Waals surface area contributed by atoms with Crippen molar-refractivity contribution in [2.75, 3.05) is 11.9 Å². The number of amides is 2. The minimum Gasteiger partial charge on any atom is -0.387 e. The number of carbonyl (C=O) groups excluding carboxylic acids is 1. The molecule has 2 heterocycles. The predicted molar refractivity (Wildman–Crippen MR) is 78.4 cm³/mol. The molecule has 1 unspecified atom stereocenters. The second kappa shape index (κ2) is 6.84. The molecule has 2 aromatic rings. The first-order chi connectivity index (χ1) is 10.8. The second-order valence-corrected chi connectivity index (χ2v) is 5.32. The molecule has 2 aromatic heterocycles. The Morgan fingerprint density at radius 1 is 1.43 bits per heavy atom. The minimum absolute atomic E-state index is 0.153. The van der Waals surface area contributed by atoms with Crippen molar-refractivity contribution in [3.8, 4) is 0 Å². The molecule has 0 aromatic carbocycles. The van der Waals surface area contributed by atoms with Crippen molar-refractivity contribution in [2.45, 2.75) is 12.3 Å². The summed E-state index contributed by atoms with van der Waals surface area (Å²) in [6.07, 6.45) is -5.08. The van der Waals surface area contributed by atoms with E-state index in [0.29, 0.717) is 17.8 Å². The maximum atomic E-state index is 12.6. The van der Waals surface area contributed by atoms with Gasteiger partial charge in [0.25, 0.3) is 5.56 Å². The number of hydrogen-bond donors (Lipinski definition) is 4. The average molecular weight is 347 g/mol. The number of aliphatic hydroxyl groups excluding tert-OH is 1. The third kappa shape index (κ3) is 4.57. The number of thiophene rings is 1. The van der Waals surface area contributed by atoms with E-state index >= 15 is 0 Å². The maximum absolute atomic E-state index is 12.6. The molecule has 0 saturated heterocycles. The van der Waals surface area contributed by atoms with Crippen molar-refractivity contribution in [1.82, 2.24) is 10.3 Å². The summed E-state index contributed by atoms with van der Waals surface area (Å²) in [6.45, 7) is -0.153. The Balaban J connectivity index is 1.99. The molecule has 124 valence electrons. The molecule has 1 atom stereocenters. The Bertz CT molecular complexity index is 728. The number of nitrogens with one attached hydrogen (secondary N) is 3. The quantitative estimate of drug-likeness (QED) is 0.684. The van der Waals surface area contributed by atoms with Crippen LogP contribution in [-0.2, 0) is 6.18 Å². The van der Waals surface area contributed by atoms with Gasteiger partial charge in [0.1, 0.15) is 5.69 Å². The van der Waals surface area contributed by atoms with Crippen molar-refractivity contribution in [3.05, 3.63) is 50.6 Å². The van der Waals surface area contributed by atoms with Crippen LogP contribution in [0.5, 0.6) is 0 Å². The van der Waals surface area contributed by atoms with Crippen LogP contribution >= 0.6 is 11.3 Å². The van der Waals surface area contributed by atoms with Gasteiger partial charge in [0, 0.05) is 12.7 Å². The molecule has 2 rings (SSSR count). The number of urea groups is 1. The lowest BCUT2D eigenvalue weighted by Gasteiger charge is -2.12. The molecule has 0 radical (unpaired) electrons. The van der Waals surface area contributed by atoms with Crippen molar-refractivity contribution in [1.29, 1.82) is 0 Å². The van der Waals surface area contributed by atoms with Gasteiger partial charge in [-0.05, 0) is 28.5 Å². The van der Waals surface area contributed by atoms with E-state index in [9.17, 15) is 27.9 Å². The number of anilines is 1. The molecule has 0 aliphatic rings. The number of aliphatic hydroxyl groups is 1. The Labute approximate surface area is 132 Å². The first-order valence-electron chi connectivity index (χ1n) is 6.32. The molecule has 6 nitrogen and oxygen atoms in total. The van der Waals surface area contributed by atoms with Crippen molar-refractivity contribution in [3.63, 3.8) is 0 Å². The molecule has 0 saturated carbocycles. The van der Waals surface area contributed by atoms with Crippen LogP contribution in [0.3, 0.4) is 0 Å². The molecule has 0 aliphatic heterocycles. The van der Waals surface area contributed by atoms with Crippen LogP contribution in [0, 0.1) is 0 Å². The monoisotopic (exact) mass is 347 g/mol. The highest BCUT2D eigenvalue weighted by atomic mass is 32.1. The van der Waals surface area contributed by atoms with E-state index in [1.54, 1.807) is 16.8 Å². The van der Waals surface area contributed by atoms with Gasteiger partial charge >= 0.3 is 12.2 Å². The fraction of sp³-hybridized carbons (Fsp3) is 0.231.